The third-order valence-electron chi connectivity index (χ3n) is 3.25. The summed E-state index contributed by atoms with van der Waals surface area (Å²) < 4.78 is 5.15. The SMILES string of the molecule is CN=C(NCCc1ccc(OC)cc1)NCc1ccccn1.I. The number of rotatable bonds is 6. The molecule has 2 aromatic rings. The van der Waals surface area contributed by atoms with Gasteiger partial charge in [-0.3, -0.25) is 9.98 Å². The molecule has 0 unspecified atom stereocenters. The van der Waals surface area contributed by atoms with Gasteiger partial charge in [0.15, 0.2) is 5.96 Å². The van der Waals surface area contributed by atoms with E-state index in [-0.39, 0.29) is 24.0 Å². The van der Waals surface area contributed by atoms with Gasteiger partial charge in [-0.2, -0.15) is 0 Å². The van der Waals surface area contributed by atoms with Crippen LogP contribution in [0.15, 0.2) is 53.7 Å². The average Bonchev–Trinajstić information content (AvgIpc) is 2.59. The summed E-state index contributed by atoms with van der Waals surface area (Å²) in [5.41, 5.74) is 2.24. The third-order valence-corrected chi connectivity index (χ3v) is 3.25. The minimum atomic E-state index is 0. The second kappa shape index (κ2) is 10.8. The van der Waals surface area contributed by atoms with Crippen molar-refractivity contribution in [3.63, 3.8) is 0 Å². The van der Waals surface area contributed by atoms with Crippen molar-refractivity contribution in [3.05, 3.63) is 59.9 Å². The van der Waals surface area contributed by atoms with Gasteiger partial charge in [0.05, 0.1) is 19.3 Å². The zero-order valence-electron chi connectivity index (χ0n) is 13.5. The number of hydrogen-bond donors (Lipinski definition) is 2. The molecule has 6 heteroatoms. The molecule has 0 spiro atoms. The zero-order valence-corrected chi connectivity index (χ0v) is 15.8. The Morgan fingerprint density at radius 3 is 2.52 bits per heavy atom. The van der Waals surface area contributed by atoms with E-state index in [4.69, 9.17) is 4.74 Å². The molecule has 0 fully saturated rings. The van der Waals surface area contributed by atoms with Crippen LogP contribution in [0.4, 0.5) is 0 Å². The van der Waals surface area contributed by atoms with Crippen molar-refractivity contribution in [3.8, 4) is 5.75 Å². The summed E-state index contributed by atoms with van der Waals surface area (Å²) in [6.07, 6.45) is 2.71. The second-order valence-corrected chi connectivity index (χ2v) is 4.77. The number of guanidine groups is 1. The highest BCUT2D eigenvalue weighted by Gasteiger charge is 1.99. The van der Waals surface area contributed by atoms with Crippen LogP contribution in [0, 0.1) is 0 Å². The van der Waals surface area contributed by atoms with E-state index in [2.05, 4.69) is 32.7 Å². The largest absolute Gasteiger partial charge is 0.497 e. The third kappa shape index (κ3) is 6.85. The number of halogens is 1. The molecule has 0 saturated heterocycles. The lowest BCUT2D eigenvalue weighted by Crippen LogP contribution is -2.38. The van der Waals surface area contributed by atoms with Gasteiger partial charge < -0.3 is 15.4 Å². The molecule has 124 valence electrons. The van der Waals surface area contributed by atoms with E-state index in [0.29, 0.717) is 6.54 Å². The van der Waals surface area contributed by atoms with E-state index in [0.717, 1.165) is 30.4 Å². The molecule has 2 rings (SSSR count). The lowest BCUT2D eigenvalue weighted by atomic mass is 10.1. The first-order valence-electron chi connectivity index (χ1n) is 7.29. The van der Waals surface area contributed by atoms with Crippen LogP contribution >= 0.6 is 24.0 Å². The average molecular weight is 426 g/mol. The molecular formula is C17H23IN4O. The Balaban J connectivity index is 0.00000264. The Morgan fingerprint density at radius 1 is 1.13 bits per heavy atom. The smallest absolute Gasteiger partial charge is 0.191 e. The first kappa shape index (κ1) is 19.2. The second-order valence-electron chi connectivity index (χ2n) is 4.77. The number of benzene rings is 1. The number of pyridine rings is 1. The molecule has 0 amide bonds. The van der Waals surface area contributed by atoms with Crippen LogP contribution in [0.25, 0.3) is 0 Å². The van der Waals surface area contributed by atoms with Crippen LogP contribution in [0.1, 0.15) is 11.3 Å². The summed E-state index contributed by atoms with van der Waals surface area (Å²) in [6, 6.07) is 14.0. The first-order chi connectivity index (χ1) is 10.8. The van der Waals surface area contributed by atoms with Crippen molar-refractivity contribution < 1.29 is 4.74 Å². The zero-order chi connectivity index (χ0) is 15.6. The maximum atomic E-state index is 5.15. The van der Waals surface area contributed by atoms with Crippen LogP contribution < -0.4 is 15.4 Å². The van der Waals surface area contributed by atoms with E-state index in [1.807, 2.05) is 30.3 Å². The Bertz CT molecular complexity index is 587. The van der Waals surface area contributed by atoms with Crippen LogP contribution in [0.3, 0.4) is 0 Å². The van der Waals surface area contributed by atoms with Crippen LogP contribution in [-0.4, -0.2) is 31.6 Å². The topological polar surface area (TPSA) is 58.5 Å². The fraction of sp³-hybridized carbons (Fsp3) is 0.294. The summed E-state index contributed by atoms with van der Waals surface area (Å²) in [6.45, 7) is 1.47. The molecule has 0 aliphatic carbocycles. The minimum absolute atomic E-state index is 0. The highest BCUT2D eigenvalue weighted by atomic mass is 127. The molecule has 0 atom stereocenters. The van der Waals surface area contributed by atoms with Crippen molar-refractivity contribution in [1.82, 2.24) is 15.6 Å². The maximum Gasteiger partial charge on any atom is 0.191 e. The first-order valence-corrected chi connectivity index (χ1v) is 7.29. The fourth-order valence-corrected chi connectivity index (χ4v) is 2.02. The summed E-state index contributed by atoms with van der Waals surface area (Å²) in [4.78, 5) is 8.48. The van der Waals surface area contributed by atoms with Crippen LogP contribution in [0.2, 0.25) is 0 Å². The van der Waals surface area contributed by atoms with Crippen molar-refractivity contribution in [2.75, 3.05) is 20.7 Å². The normalized spacial score (nSPS) is 10.6. The molecule has 1 aromatic carbocycles. The van der Waals surface area contributed by atoms with Gasteiger partial charge >= 0.3 is 0 Å². The molecule has 1 aromatic heterocycles. The molecule has 0 aliphatic rings. The molecule has 5 nitrogen and oxygen atoms in total. The Kier molecular flexibility index (Phi) is 9.04. The number of methoxy groups -OCH3 is 1. The molecule has 0 aliphatic heterocycles. The van der Waals surface area contributed by atoms with Crippen molar-refractivity contribution in [2.45, 2.75) is 13.0 Å². The lowest BCUT2D eigenvalue weighted by Gasteiger charge is -2.11. The maximum absolute atomic E-state index is 5.15. The summed E-state index contributed by atoms with van der Waals surface area (Å²) in [7, 11) is 3.44. The van der Waals surface area contributed by atoms with E-state index >= 15 is 0 Å². The van der Waals surface area contributed by atoms with Gasteiger partial charge in [-0.1, -0.05) is 18.2 Å². The Hall–Kier alpha value is -1.83. The van der Waals surface area contributed by atoms with Gasteiger partial charge in [-0.05, 0) is 36.2 Å². The van der Waals surface area contributed by atoms with Gasteiger partial charge in [-0.15, -0.1) is 24.0 Å². The van der Waals surface area contributed by atoms with Gasteiger partial charge in [0.1, 0.15) is 5.75 Å². The highest BCUT2D eigenvalue weighted by molar-refractivity contribution is 14.0. The minimum Gasteiger partial charge on any atom is -0.497 e. The monoisotopic (exact) mass is 426 g/mol. The summed E-state index contributed by atoms with van der Waals surface area (Å²) >= 11 is 0. The van der Waals surface area contributed by atoms with Crippen LogP contribution in [0.5, 0.6) is 5.75 Å². The van der Waals surface area contributed by atoms with Gasteiger partial charge in [0.25, 0.3) is 0 Å². The quantitative estimate of drug-likeness (QED) is 0.424. The Labute approximate surface area is 154 Å². The fourth-order valence-electron chi connectivity index (χ4n) is 2.02. The van der Waals surface area contributed by atoms with Crippen LogP contribution in [-0.2, 0) is 13.0 Å². The molecule has 2 N–H and O–H groups in total. The standard InChI is InChI=1S/C17H22N4O.HI/c1-18-17(21-13-15-5-3-4-11-19-15)20-12-10-14-6-8-16(22-2)9-7-14;/h3-9,11H,10,12-13H2,1-2H3,(H2,18,20,21);1H. The number of hydrogen-bond acceptors (Lipinski definition) is 3. The van der Waals surface area contributed by atoms with E-state index < -0.39 is 0 Å². The molecular weight excluding hydrogens is 403 g/mol. The van der Waals surface area contributed by atoms with E-state index in [1.165, 1.54) is 5.56 Å². The number of aromatic nitrogens is 1. The Morgan fingerprint density at radius 2 is 1.91 bits per heavy atom. The van der Waals surface area contributed by atoms with Crippen molar-refractivity contribution >= 4 is 29.9 Å². The van der Waals surface area contributed by atoms with E-state index in [9.17, 15) is 0 Å². The van der Waals surface area contributed by atoms with E-state index in [1.54, 1.807) is 20.4 Å². The van der Waals surface area contributed by atoms with Gasteiger partial charge in [0, 0.05) is 19.8 Å². The molecule has 1 heterocycles. The number of aliphatic imine (C=N–C) groups is 1. The van der Waals surface area contributed by atoms with Gasteiger partial charge in [0.2, 0.25) is 0 Å². The highest BCUT2D eigenvalue weighted by Crippen LogP contribution is 2.11. The molecule has 23 heavy (non-hydrogen) atoms. The number of nitrogens with zero attached hydrogens (tertiary/aromatic N) is 2. The lowest BCUT2D eigenvalue weighted by molar-refractivity contribution is 0.414. The predicted octanol–water partition coefficient (Wildman–Crippen LogP) is 2.62. The summed E-state index contributed by atoms with van der Waals surface area (Å²) in [5.74, 6) is 1.66. The number of ether oxygens (including phenoxy) is 1. The molecule has 0 saturated carbocycles. The molecule has 0 radical (unpaired) electrons. The predicted molar refractivity (Wildman–Crippen MR) is 105 cm³/mol. The van der Waals surface area contributed by atoms with Crippen molar-refractivity contribution in [2.24, 2.45) is 4.99 Å². The van der Waals surface area contributed by atoms with Crippen molar-refractivity contribution in [1.29, 1.82) is 0 Å². The number of nitrogens with one attached hydrogen (secondary N) is 2. The van der Waals surface area contributed by atoms with Gasteiger partial charge in [-0.25, -0.2) is 0 Å². The summed E-state index contributed by atoms with van der Waals surface area (Å²) in [5, 5.41) is 6.54. The molecule has 0 bridgehead atoms.